The van der Waals surface area contributed by atoms with Gasteiger partial charge in [0, 0.05) is 19.3 Å². The molecule has 0 spiro atoms. The zero-order valence-electron chi connectivity index (χ0n) is 42.3. The summed E-state index contributed by atoms with van der Waals surface area (Å²) in [5.41, 5.74) is 0. The monoisotopic (exact) mass is 895 g/mol. The Hall–Kier alpha value is -2.89. The van der Waals surface area contributed by atoms with Crippen molar-refractivity contribution in [2.45, 2.75) is 277 Å². The molecule has 1 unspecified atom stereocenters. The van der Waals surface area contributed by atoms with Gasteiger partial charge in [-0.1, -0.05) is 236 Å². The Morgan fingerprint density at radius 3 is 1.00 bits per heavy atom. The number of esters is 3. The molecular formula is C58H102O6. The first kappa shape index (κ1) is 61.1. The SMILES string of the molecule is CC/C=C\C/C=C\C/C=C\CCCCCCCCCC(=O)OCC(COC(=O)CCCCCCC/C=C\C/C=C\CCCC)OC(=O)CCCCCCCCCCCCCCCCC. The van der Waals surface area contributed by atoms with Gasteiger partial charge >= 0.3 is 17.9 Å². The van der Waals surface area contributed by atoms with Crippen LogP contribution >= 0.6 is 0 Å². The molecule has 0 N–H and O–H groups in total. The Morgan fingerprint density at radius 2 is 0.625 bits per heavy atom. The molecule has 0 saturated heterocycles. The summed E-state index contributed by atoms with van der Waals surface area (Å²) in [6.07, 6.45) is 64.8. The predicted molar refractivity (Wildman–Crippen MR) is 275 cm³/mol. The van der Waals surface area contributed by atoms with Gasteiger partial charge in [0.1, 0.15) is 13.2 Å². The molecule has 64 heavy (non-hydrogen) atoms. The summed E-state index contributed by atoms with van der Waals surface area (Å²) in [4.78, 5) is 38.1. The van der Waals surface area contributed by atoms with E-state index in [1.54, 1.807) is 0 Å². The molecule has 0 aliphatic carbocycles. The fraction of sp³-hybridized carbons (Fsp3) is 0.776. The molecule has 0 bridgehead atoms. The van der Waals surface area contributed by atoms with Gasteiger partial charge in [0.25, 0.3) is 0 Å². The highest BCUT2D eigenvalue weighted by Gasteiger charge is 2.19. The van der Waals surface area contributed by atoms with E-state index < -0.39 is 6.10 Å². The zero-order chi connectivity index (χ0) is 46.5. The normalized spacial score (nSPS) is 12.5. The molecule has 6 nitrogen and oxygen atoms in total. The third kappa shape index (κ3) is 50.1. The van der Waals surface area contributed by atoms with Crippen molar-refractivity contribution in [1.82, 2.24) is 0 Å². The van der Waals surface area contributed by atoms with E-state index in [0.717, 1.165) is 103 Å². The van der Waals surface area contributed by atoms with Crippen LogP contribution in [0.3, 0.4) is 0 Å². The summed E-state index contributed by atoms with van der Waals surface area (Å²) in [5.74, 6) is -0.895. The van der Waals surface area contributed by atoms with Crippen molar-refractivity contribution in [3.05, 3.63) is 60.8 Å². The van der Waals surface area contributed by atoms with Crippen LogP contribution < -0.4 is 0 Å². The highest BCUT2D eigenvalue weighted by Crippen LogP contribution is 2.16. The number of rotatable bonds is 49. The second-order valence-corrected chi connectivity index (χ2v) is 18.1. The molecular weight excluding hydrogens is 793 g/mol. The number of carbonyl (C=O) groups excluding carboxylic acids is 3. The molecule has 6 heteroatoms. The summed E-state index contributed by atoms with van der Waals surface area (Å²) >= 11 is 0. The van der Waals surface area contributed by atoms with Gasteiger partial charge in [-0.25, -0.2) is 0 Å². The van der Waals surface area contributed by atoms with Gasteiger partial charge in [0.2, 0.25) is 0 Å². The van der Waals surface area contributed by atoms with E-state index in [1.807, 2.05) is 0 Å². The van der Waals surface area contributed by atoms with Gasteiger partial charge < -0.3 is 14.2 Å². The van der Waals surface area contributed by atoms with Gasteiger partial charge in [-0.2, -0.15) is 0 Å². The summed E-state index contributed by atoms with van der Waals surface area (Å²) in [7, 11) is 0. The van der Waals surface area contributed by atoms with E-state index >= 15 is 0 Å². The molecule has 370 valence electrons. The van der Waals surface area contributed by atoms with Crippen molar-refractivity contribution >= 4 is 17.9 Å². The van der Waals surface area contributed by atoms with Crippen molar-refractivity contribution in [1.29, 1.82) is 0 Å². The number of hydrogen-bond acceptors (Lipinski definition) is 6. The summed E-state index contributed by atoms with van der Waals surface area (Å²) in [6, 6.07) is 0. The van der Waals surface area contributed by atoms with Crippen LogP contribution in [-0.2, 0) is 28.6 Å². The minimum Gasteiger partial charge on any atom is -0.462 e. The molecule has 0 aliphatic rings. The Balaban J connectivity index is 4.39. The smallest absolute Gasteiger partial charge is 0.306 e. The lowest BCUT2D eigenvalue weighted by molar-refractivity contribution is -0.167. The Kier molecular flexibility index (Phi) is 50.4. The van der Waals surface area contributed by atoms with Gasteiger partial charge in [0.15, 0.2) is 6.10 Å². The Morgan fingerprint density at radius 1 is 0.328 bits per heavy atom. The Labute approximate surface area is 396 Å². The van der Waals surface area contributed by atoms with Crippen LogP contribution in [0.25, 0.3) is 0 Å². The summed E-state index contributed by atoms with van der Waals surface area (Å²) in [6.45, 7) is 6.49. The van der Waals surface area contributed by atoms with Crippen LogP contribution in [0.15, 0.2) is 60.8 Å². The first-order valence-electron chi connectivity index (χ1n) is 27.3. The van der Waals surface area contributed by atoms with Gasteiger partial charge in [0.05, 0.1) is 0 Å². The zero-order valence-corrected chi connectivity index (χ0v) is 42.3. The summed E-state index contributed by atoms with van der Waals surface area (Å²) in [5, 5.41) is 0. The van der Waals surface area contributed by atoms with E-state index in [2.05, 4.69) is 81.5 Å². The molecule has 0 aromatic heterocycles. The third-order valence-electron chi connectivity index (χ3n) is 11.8. The molecule has 0 fully saturated rings. The van der Waals surface area contributed by atoms with E-state index in [-0.39, 0.29) is 31.1 Å². The maximum absolute atomic E-state index is 12.8. The van der Waals surface area contributed by atoms with Crippen LogP contribution in [0, 0.1) is 0 Å². The maximum atomic E-state index is 12.8. The Bertz CT molecular complexity index is 1170. The van der Waals surface area contributed by atoms with E-state index in [1.165, 1.54) is 128 Å². The standard InChI is InChI=1S/C58H102O6/c1-4-7-10-13-16-19-22-25-28-29-31-33-36-39-42-45-48-51-57(60)63-54-55(53-62-56(59)50-47-44-41-38-35-32-27-24-21-18-15-12-9-6-3)64-58(61)52-49-46-43-40-37-34-30-26-23-20-17-14-11-8-5-2/h7,10,15-16,18-19,24-25,27-28,55H,4-6,8-9,11-14,17,20-23,26,29-54H2,1-3H3/b10-7-,18-15-,19-16-,27-24-,28-25-. The van der Waals surface area contributed by atoms with Gasteiger partial charge in [-0.05, 0) is 77.0 Å². The number of unbranched alkanes of at least 4 members (excludes halogenated alkanes) is 28. The molecule has 0 aliphatic heterocycles. The lowest BCUT2D eigenvalue weighted by Gasteiger charge is -2.18. The fourth-order valence-electron chi connectivity index (χ4n) is 7.65. The van der Waals surface area contributed by atoms with E-state index in [4.69, 9.17) is 14.2 Å². The minimum absolute atomic E-state index is 0.0820. The van der Waals surface area contributed by atoms with Crippen LogP contribution in [0.1, 0.15) is 271 Å². The molecule has 0 aromatic carbocycles. The average molecular weight is 895 g/mol. The highest BCUT2D eigenvalue weighted by atomic mass is 16.6. The quantitative estimate of drug-likeness (QED) is 0.0262. The number of allylic oxidation sites excluding steroid dienone is 10. The number of carbonyl (C=O) groups is 3. The largest absolute Gasteiger partial charge is 0.462 e. The molecule has 0 amide bonds. The van der Waals surface area contributed by atoms with Gasteiger partial charge in [-0.3, -0.25) is 14.4 Å². The minimum atomic E-state index is -0.782. The predicted octanol–water partition coefficient (Wildman–Crippen LogP) is 18.0. The third-order valence-corrected chi connectivity index (χ3v) is 11.8. The van der Waals surface area contributed by atoms with Crippen LogP contribution in [0.5, 0.6) is 0 Å². The van der Waals surface area contributed by atoms with E-state index in [0.29, 0.717) is 19.3 Å². The van der Waals surface area contributed by atoms with Crippen LogP contribution in [0.2, 0.25) is 0 Å². The molecule has 0 saturated carbocycles. The van der Waals surface area contributed by atoms with Crippen molar-refractivity contribution in [2.24, 2.45) is 0 Å². The van der Waals surface area contributed by atoms with Crippen molar-refractivity contribution < 1.29 is 28.6 Å². The van der Waals surface area contributed by atoms with Crippen LogP contribution in [-0.4, -0.2) is 37.2 Å². The second kappa shape index (κ2) is 52.7. The number of hydrogen-bond donors (Lipinski definition) is 0. The fourth-order valence-corrected chi connectivity index (χ4v) is 7.65. The first-order chi connectivity index (χ1) is 31.5. The molecule has 0 rings (SSSR count). The molecule has 1 atom stereocenters. The number of ether oxygens (including phenoxy) is 3. The maximum Gasteiger partial charge on any atom is 0.306 e. The molecule has 0 aromatic rings. The first-order valence-corrected chi connectivity index (χ1v) is 27.3. The van der Waals surface area contributed by atoms with Crippen molar-refractivity contribution in [3.8, 4) is 0 Å². The lowest BCUT2D eigenvalue weighted by Crippen LogP contribution is -2.30. The summed E-state index contributed by atoms with van der Waals surface area (Å²) < 4.78 is 16.8. The second-order valence-electron chi connectivity index (χ2n) is 18.1. The van der Waals surface area contributed by atoms with E-state index in [9.17, 15) is 14.4 Å². The van der Waals surface area contributed by atoms with Crippen molar-refractivity contribution in [2.75, 3.05) is 13.2 Å². The van der Waals surface area contributed by atoms with Crippen LogP contribution in [0.4, 0.5) is 0 Å². The lowest BCUT2D eigenvalue weighted by atomic mass is 10.0. The topological polar surface area (TPSA) is 78.9 Å². The van der Waals surface area contributed by atoms with Gasteiger partial charge in [-0.15, -0.1) is 0 Å². The molecule has 0 heterocycles. The highest BCUT2D eigenvalue weighted by molar-refractivity contribution is 5.71. The average Bonchev–Trinajstić information content (AvgIpc) is 3.29. The molecule has 0 radical (unpaired) electrons. The van der Waals surface area contributed by atoms with Crippen molar-refractivity contribution in [3.63, 3.8) is 0 Å².